The Morgan fingerprint density at radius 1 is 1.10 bits per heavy atom. The third-order valence-corrected chi connectivity index (χ3v) is 6.01. The van der Waals surface area contributed by atoms with Gasteiger partial charge in [-0.05, 0) is 50.5 Å². The van der Waals surface area contributed by atoms with Crippen molar-refractivity contribution < 1.29 is 9.59 Å². The van der Waals surface area contributed by atoms with Crippen LogP contribution in [-0.4, -0.2) is 36.3 Å². The summed E-state index contributed by atoms with van der Waals surface area (Å²) < 4.78 is 0. The molecule has 3 aliphatic rings. The maximum atomic E-state index is 12.5. The first-order valence-electron chi connectivity index (χ1n) is 8.70. The normalized spacial score (nSPS) is 39.3. The first kappa shape index (κ1) is 15.0. The zero-order chi connectivity index (χ0) is 15.0. The summed E-state index contributed by atoms with van der Waals surface area (Å²) in [5.74, 6) is 1.21. The molecule has 2 saturated carbocycles. The van der Waals surface area contributed by atoms with E-state index in [1.54, 1.807) is 7.05 Å². The van der Waals surface area contributed by atoms with Crippen molar-refractivity contribution in [1.82, 2.24) is 10.2 Å². The molecule has 0 aromatic carbocycles. The van der Waals surface area contributed by atoms with Crippen molar-refractivity contribution in [1.29, 1.82) is 0 Å². The number of hydrogen-bond acceptors (Lipinski definition) is 3. The molecule has 0 radical (unpaired) electrons. The Kier molecular flexibility index (Phi) is 4.34. The van der Waals surface area contributed by atoms with E-state index in [1.807, 2.05) is 0 Å². The van der Waals surface area contributed by atoms with Crippen molar-refractivity contribution in [3.05, 3.63) is 0 Å². The van der Waals surface area contributed by atoms with Gasteiger partial charge in [0.15, 0.2) is 0 Å². The molecular formula is C17H28N2O2. The fourth-order valence-corrected chi connectivity index (χ4v) is 4.97. The molecule has 0 aromatic heterocycles. The Morgan fingerprint density at radius 2 is 1.81 bits per heavy atom. The Balaban J connectivity index is 1.78. The van der Waals surface area contributed by atoms with Gasteiger partial charge in [-0.25, -0.2) is 0 Å². The van der Waals surface area contributed by atoms with E-state index in [1.165, 1.54) is 24.2 Å². The van der Waals surface area contributed by atoms with Crippen LogP contribution in [-0.2, 0) is 9.59 Å². The Morgan fingerprint density at radius 3 is 2.52 bits per heavy atom. The molecule has 1 saturated heterocycles. The minimum absolute atomic E-state index is 0.0835. The molecule has 1 aliphatic heterocycles. The number of rotatable bonds is 4. The maximum Gasteiger partial charge on any atom is 0.232 e. The third kappa shape index (κ3) is 2.52. The SMILES string of the molecule is CCCCNC1CCC2C(=O)N(C)C(=O)C3CCCC1C32. The van der Waals surface area contributed by atoms with Crippen LogP contribution in [0.1, 0.15) is 51.9 Å². The first-order valence-corrected chi connectivity index (χ1v) is 8.70. The summed E-state index contributed by atoms with van der Waals surface area (Å²) in [6.07, 6.45) is 7.77. The molecule has 21 heavy (non-hydrogen) atoms. The Bertz CT molecular complexity index is 405. The average Bonchev–Trinajstić information content (AvgIpc) is 2.51. The number of unbranched alkanes of at least 4 members (excludes halogenated alkanes) is 1. The smallest absolute Gasteiger partial charge is 0.232 e. The molecule has 1 N–H and O–H groups in total. The van der Waals surface area contributed by atoms with Crippen molar-refractivity contribution in [3.8, 4) is 0 Å². The third-order valence-electron chi connectivity index (χ3n) is 6.01. The van der Waals surface area contributed by atoms with Crippen molar-refractivity contribution in [2.24, 2.45) is 23.7 Å². The lowest BCUT2D eigenvalue weighted by Gasteiger charge is -2.52. The summed E-state index contributed by atoms with van der Waals surface area (Å²) in [6, 6.07) is 0.518. The molecule has 2 amide bonds. The number of carbonyl (C=O) groups excluding carboxylic acids is 2. The van der Waals surface area contributed by atoms with Gasteiger partial charge in [0, 0.05) is 24.9 Å². The summed E-state index contributed by atoms with van der Waals surface area (Å²) in [4.78, 5) is 26.3. The van der Waals surface area contributed by atoms with E-state index in [0.717, 1.165) is 32.2 Å². The van der Waals surface area contributed by atoms with Gasteiger partial charge in [0.2, 0.25) is 11.8 Å². The highest BCUT2D eigenvalue weighted by atomic mass is 16.2. The zero-order valence-electron chi connectivity index (χ0n) is 13.3. The number of carbonyl (C=O) groups is 2. The molecular weight excluding hydrogens is 264 g/mol. The highest BCUT2D eigenvalue weighted by Gasteiger charge is 2.54. The van der Waals surface area contributed by atoms with Crippen LogP contribution >= 0.6 is 0 Å². The minimum Gasteiger partial charge on any atom is -0.314 e. The van der Waals surface area contributed by atoms with Crippen LogP contribution < -0.4 is 5.32 Å². The highest BCUT2D eigenvalue weighted by molar-refractivity contribution is 6.00. The number of imide groups is 1. The maximum absolute atomic E-state index is 12.5. The molecule has 0 aromatic rings. The van der Waals surface area contributed by atoms with E-state index in [2.05, 4.69) is 12.2 Å². The second kappa shape index (κ2) is 6.07. The van der Waals surface area contributed by atoms with Gasteiger partial charge in [-0.1, -0.05) is 19.8 Å². The number of nitrogens with one attached hydrogen (secondary N) is 1. The molecule has 0 bridgehead atoms. The molecule has 0 spiro atoms. The number of piperidine rings is 1. The van der Waals surface area contributed by atoms with Gasteiger partial charge < -0.3 is 5.32 Å². The zero-order valence-corrected chi connectivity index (χ0v) is 13.3. The molecule has 4 heteroatoms. The topological polar surface area (TPSA) is 49.4 Å². The van der Waals surface area contributed by atoms with Crippen molar-refractivity contribution in [2.45, 2.75) is 57.9 Å². The minimum atomic E-state index is 0.0835. The largest absolute Gasteiger partial charge is 0.314 e. The molecule has 3 rings (SSSR count). The molecule has 5 atom stereocenters. The Labute approximate surface area is 127 Å². The summed E-state index contributed by atoms with van der Waals surface area (Å²) in [5, 5.41) is 3.72. The molecule has 1 heterocycles. The van der Waals surface area contributed by atoms with Gasteiger partial charge in [0.1, 0.15) is 0 Å². The van der Waals surface area contributed by atoms with Crippen molar-refractivity contribution in [2.75, 3.05) is 13.6 Å². The fourth-order valence-electron chi connectivity index (χ4n) is 4.97. The monoisotopic (exact) mass is 292 g/mol. The standard InChI is InChI=1S/C17H28N2O2/c1-3-4-10-18-14-9-8-13-15-11(14)6-5-7-12(15)16(20)19(2)17(13)21/h11-15,18H,3-10H2,1-2H3. The quantitative estimate of drug-likeness (QED) is 0.638. The summed E-state index contributed by atoms with van der Waals surface area (Å²) in [7, 11) is 1.68. The van der Waals surface area contributed by atoms with Gasteiger partial charge in [0.25, 0.3) is 0 Å². The van der Waals surface area contributed by atoms with E-state index in [4.69, 9.17) is 0 Å². The fraction of sp³-hybridized carbons (Fsp3) is 0.882. The van der Waals surface area contributed by atoms with E-state index in [0.29, 0.717) is 17.9 Å². The lowest BCUT2D eigenvalue weighted by atomic mass is 9.57. The molecule has 5 unspecified atom stereocenters. The second-order valence-electron chi connectivity index (χ2n) is 7.11. The van der Waals surface area contributed by atoms with Gasteiger partial charge in [-0.3, -0.25) is 14.5 Å². The van der Waals surface area contributed by atoms with Crippen LogP contribution in [0, 0.1) is 23.7 Å². The van der Waals surface area contributed by atoms with Crippen molar-refractivity contribution >= 4 is 11.8 Å². The van der Waals surface area contributed by atoms with Crippen LogP contribution in [0.25, 0.3) is 0 Å². The van der Waals surface area contributed by atoms with E-state index >= 15 is 0 Å². The number of nitrogens with zero attached hydrogens (tertiary/aromatic N) is 1. The highest BCUT2D eigenvalue weighted by Crippen LogP contribution is 2.50. The Hall–Kier alpha value is -0.900. The first-order chi connectivity index (χ1) is 10.1. The van der Waals surface area contributed by atoms with Gasteiger partial charge in [0.05, 0.1) is 0 Å². The van der Waals surface area contributed by atoms with E-state index < -0.39 is 0 Å². The number of hydrogen-bond donors (Lipinski definition) is 1. The van der Waals surface area contributed by atoms with Crippen LogP contribution in [0.3, 0.4) is 0 Å². The van der Waals surface area contributed by atoms with E-state index in [9.17, 15) is 9.59 Å². The number of amides is 2. The number of likely N-dealkylation sites (tertiary alicyclic amines) is 1. The summed E-state index contributed by atoms with van der Waals surface area (Å²) in [6.45, 7) is 3.28. The van der Waals surface area contributed by atoms with Crippen LogP contribution in [0.2, 0.25) is 0 Å². The van der Waals surface area contributed by atoms with Crippen LogP contribution in [0.5, 0.6) is 0 Å². The van der Waals surface area contributed by atoms with Gasteiger partial charge in [-0.2, -0.15) is 0 Å². The average molecular weight is 292 g/mol. The lowest BCUT2D eigenvalue weighted by Crippen LogP contribution is -2.60. The van der Waals surface area contributed by atoms with Crippen molar-refractivity contribution in [3.63, 3.8) is 0 Å². The molecule has 4 nitrogen and oxygen atoms in total. The predicted molar refractivity (Wildman–Crippen MR) is 81.5 cm³/mol. The summed E-state index contributed by atoms with van der Waals surface area (Å²) in [5.41, 5.74) is 0. The van der Waals surface area contributed by atoms with Gasteiger partial charge >= 0.3 is 0 Å². The lowest BCUT2D eigenvalue weighted by molar-refractivity contribution is -0.165. The van der Waals surface area contributed by atoms with E-state index in [-0.39, 0.29) is 23.7 Å². The van der Waals surface area contributed by atoms with Crippen LogP contribution in [0.4, 0.5) is 0 Å². The second-order valence-corrected chi connectivity index (χ2v) is 7.11. The van der Waals surface area contributed by atoms with Crippen LogP contribution in [0.15, 0.2) is 0 Å². The molecule has 118 valence electrons. The molecule has 3 fully saturated rings. The summed E-state index contributed by atoms with van der Waals surface area (Å²) >= 11 is 0. The molecule has 2 aliphatic carbocycles. The van der Waals surface area contributed by atoms with Gasteiger partial charge in [-0.15, -0.1) is 0 Å². The predicted octanol–water partition coefficient (Wildman–Crippen LogP) is 2.19.